The Labute approximate surface area is 112 Å². The fourth-order valence-electron chi connectivity index (χ4n) is 2.53. The number of carbonyl (C=O) groups excluding carboxylic acids is 1. The molecule has 0 atom stereocenters. The van der Waals surface area contributed by atoms with Crippen LogP contribution in [0, 0.1) is 5.92 Å². The van der Waals surface area contributed by atoms with Crippen molar-refractivity contribution in [2.45, 2.75) is 25.5 Å². The van der Waals surface area contributed by atoms with Crippen LogP contribution in [0.5, 0.6) is 5.75 Å². The fourth-order valence-corrected chi connectivity index (χ4v) is 2.53. The van der Waals surface area contributed by atoms with Gasteiger partial charge < -0.3 is 20.5 Å². The molecule has 1 aliphatic carbocycles. The van der Waals surface area contributed by atoms with Crippen LogP contribution in [0.2, 0.25) is 0 Å². The molecule has 2 aliphatic rings. The Morgan fingerprint density at radius 3 is 3.05 bits per heavy atom. The molecule has 0 radical (unpaired) electrons. The van der Waals surface area contributed by atoms with Crippen LogP contribution in [0.1, 0.15) is 18.4 Å². The molecule has 0 bridgehead atoms. The van der Waals surface area contributed by atoms with Crippen LogP contribution < -0.4 is 15.4 Å². The van der Waals surface area contributed by atoms with Gasteiger partial charge in [-0.25, -0.2) is 0 Å². The summed E-state index contributed by atoms with van der Waals surface area (Å²) in [6, 6.07) is 5.83. The van der Waals surface area contributed by atoms with Gasteiger partial charge in [0.2, 0.25) is 0 Å². The summed E-state index contributed by atoms with van der Waals surface area (Å²) in [5.74, 6) is 1.21. The Hall–Kier alpha value is -1.59. The van der Waals surface area contributed by atoms with Gasteiger partial charge in [0.05, 0.1) is 11.8 Å². The summed E-state index contributed by atoms with van der Waals surface area (Å²) in [6.45, 7) is 1.78. The Bertz CT molecular complexity index is 484. The van der Waals surface area contributed by atoms with Gasteiger partial charge in [-0.1, -0.05) is 6.07 Å². The van der Waals surface area contributed by atoms with E-state index in [1.165, 1.54) is 0 Å². The number of amides is 1. The maximum Gasteiger partial charge on any atom is 0.262 e. The molecule has 3 rings (SSSR count). The molecule has 1 aromatic rings. The van der Waals surface area contributed by atoms with Gasteiger partial charge in [-0.15, -0.1) is 0 Å². The van der Waals surface area contributed by atoms with E-state index in [4.69, 9.17) is 4.74 Å². The summed E-state index contributed by atoms with van der Waals surface area (Å²) in [6.07, 6.45) is 1.71. The molecule has 1 saturated carbocycles. The van der Waals surface area contributed by atoms with Gasteiger partial charge >= 0.3 is 0 Å². The van der Waals surface area contributed by atoms with Crippen molar-refractivity contribution in [2.24, 2.45) is 5.92 Å². The van der Waals surface area contributed by atoms with Crippen LogP contribution in [-0.2, 0) is 11.3 Å². The second kappa shape index (κ2) is 5.19. The van der Waals surface area contributed by atoms with E-state index in [1.54, 1.807) is 0 Å². The van der Waals surface area contributed by atoms with Crippen LogP contribution in [0.25, 0.3) is 0 Å². The minimum absolute atomic E-state index is 0.0919. The van der Waals surface area contributed by atoms with Crippen LogP contribution >= 0.6 is 0 Å². The van der Waals surface area contributed by atoms with E-state index < -0.39 is 0 Å². The lowest BCUT2D eigenvalue weighted by Gasteiger charge is -2.31. The van der Waals surface area contributed by atoms with Gasteiger partial charge in [-0.05, 0) is 43.0 Å². The van der Waals surface area contributed by atoms with Crippen LogP contribution in [0.15, 0.2) is 18.2 Å². The van der Waals surface area contributed by atoms with Gasteiger partial charge in [0.1, 0.15) is 5.75 Å². The number of nitrogens with one attached hydrogen (secondary N) is 2. The smallest absolute Gasteiger partial charge is 0.262 e. The summed E-state index contributed by atoms with van der Waals surface area (Å²) in [5, 5.41) is 15.4. The second-order valence-corrected chi connectivity index (χ2v) is 5.29. The number of hydrogen-bond acceptors (Lipinski definition) is 4. The number of carbonyl (C=O) groups is 1. The molecule has 1 fully saturated rings. The molecular weight excluding hydrogens is 244 g/mol. The summed E-state index contributed by atoms with van der Waals surface area (Å²) in [4.78, 5) is 11.2. The molecule has 0 unspecified atom stereocenters. The summed E-state index contributed by atoms with van der Waals surface area (Å²) < 4.78 is 5.31. The van der Waals surface area contributed by atoms with E-state index in [0.29, 0.717) is 5.92 Å². The van der Waals surface area contributed by atoms with Crippen molar-refractivity contribution < 1.29 is 14.6 Å². The standard InChI is InChI=1S/C14H18N2O3/c17-11-3-10(4-11)7-15-6-9-1-2-13-12(5-9)16-14(18)8-19-13/h1-2,5,10-11,15,17H,3-4,6-8H2,(H,16,18). The number of rotatable bonds is 4. The Balaban J connectivity index is 1.53. The van der Waals surface area contributed by atoms with Crippen molar-refractivity contribution in [1.82, 2.24) is 5.32 Å². The topological polar surface area (TPSA) is 70.6 Å². The first-order chi connectivity index (χ1) is 9.20. The lowest BCUT2D eigenvalue weighted by atomic mass is 9.82. The Kier molecular flexibility index (Phi) is 3.40. The van der Waals surface area contributed by atoms with E-state index in [1.807, 2.05) is 18.2 Å². The van der Waals surface area contributed by atoms with E-state index in [0.717, 1.165) is 42.9 Å². The molecule has 3 N–H and O–H groups in total. The molecule has 19 heavy (non-hydrogen) atoms. The van der Waals surface area contributed by atoms with E-state index >= 15 is 0 Å². The quantitative estimate of drug-likeness (QED) is 0.753. The first kappa shape index (κ1) is 12.4. The average Bonchev–Trinajstić information content (AvgIpc) is 2.36. The number of ether oxygens (including phenoxy) is 1. The van der Waals surface area contributed by atoms with Gasteiger partial charge in [0, 0.05) is 6.54 Å². The Morgan fingerprint density at radius 1 is 1.42 bits per heavy atom. The third-order valence-electron chi connectivity index (χ3n) is 3.65. The van der Waals surface area contributed by atoms with E-state index in [2.05, 4.69) is 10.6 Å². The summed E-state index contributed by atoms with van der Waals surface area (Å²) >= 11 is 0. The minimum Gasteiger partial charge on any atom is -0.482 e. The monoisotopic (exact) mass is 262 g/mol. The van der Waals surface area contributed by atoms with Gasteiger partial charge in [-0.3, -0.25) is 4.79 Å². The fraction of sp³-hybridized carbons (Fsp3) is 0.500. The largest absolute Gasteiger partial charge is 0.482 e. The lowest BCUT2D eigenvalue weighted by molar-refractivity contribution is -0.118. The van der Waals surface area contributed by atoms with Crippen molar-refractivity contribution in [3.8, 4) is 5.75 Å². The zero-order valence-corrected chi connectivity index (χ0v) is 10.7. The number of aliphatic hydroxyl groups excluding tert-OH is 1. The van der Waals surface area contributed by atoms with Crippen molar-refractivity contribution in [2.75, 3.05) is 18.5 Å². The second-order valence-electron chi connectivity index (χ2n) is 5.29. The van der Waals surface area contributed by atoms with Crippen molar-refractivity contribution in [3.63, 3.8) is 0 Å². The molecule has 5 heteroatoms. The molecule has 0 aromatic heterocycles. The van der Waals surface area contributed by atoms with Gasteiger partial charge in [0.15, 0.2) is 6.61 Å². The molecule has 0 spiro atoms. The predicted molar refractivity (Wildman–Crippen MR) is 71.0 cm³/mol. The Morgan fingerprint density at radius 2 is 2.26 bits per heavy atom. The molecular formula is C14H18N2O3. The summed E-state index contributed by atoms with van der Waals surface area (Å²) in [5.41, 5.74) is 1.86. The molecule has 0 saturated heterocycles. The zero-order valence-electron chi connectivity index (χ0n) is 10.7. The molecule has 1 heterocycles. The first-order valence-corrected chi connectivity index (χ1v) is 6.65. The number of hydrogen-bond donors (Lipinski definition) is 3. The molecule has 102 valence electrons. The normalized spacial score (nSPS) is 25.0. The average molecular weight is 262 g/mol. The molecule has 1 amide bonds. The first-order valence-electron chi connectivity index (χ1n) is 6.65. The number of fused-ring (bicyclic) bond motifs is 1. The maximum atomic E-state index is 11.2. The van der Waals surface area contributed by atoms with Crippen molar-refractivity contribution >= 4 is 11.6 Å². The highest BCUT2D eigenvalue weighted by Gasteiger charge is 2.26. The highest BCUT2D eigenvalue weighted by Crippen LogP contribution is 2.29. The minimum atomic E-state index is -0.110. The number of benzene rings is 1. The maximum absolute atomic E-state index is 11.2. The highest BCUT2D eigenvalue weighted by atomic mass is 16.5. The predicted octanol–water partition coefficient (Wildman–Crippen LogP) is 0.878. The van der Waals surface area contributed by atoms with Gasteiger partial charge in [0.25, 0.3) is 5.91 Å². The SMILES string of the molecule is O=C1COc2ccc(CNCC3CC(O)C3)cc2N1. The number of anilines is 1. The number of aliphatic hydroxyl groups is 1. The van der Waals surface area contributed by atoms with Crippen molar-refractivity contribution in [3.05, 3.63) is 23.8 Å². The molecule has 1 aromatic carbocycles. The summed E-state index contributed by atoms with van der Waals surface area (Å²) in [7, 11) is 0. The molecule has 1 aliphatic heterocycles. The van der Waals surface area contributed by atoms with E-state index in [-0.39, 0.29) is 18.6 Å². The third-order valence-corrected chi connectivity index (χ3v) is 3.65. The van der Waals surface area contributed by atoms with Crippen molar-refractivity contribution in [1.29, 1.82) is 0 Å². The van der Waals surface area contributed by atoms with Crippen LogP contribution in [0.4, 0.5) is 5.69 Å². The zero-order chi connectivity index (χ0) is 13.2. The van der Waals surface area contributed by atoms with E-state index in [9.17, 15) is 9.90 Å². The third kappa shape index (κ3) is 2.88. The molecule has 5 nitrogen and oxygen atoms in total. The van der Waals surface area contributed by atoms with Gasteiger partial charge in [-0.2, -0.15) is 0 Å². The van der Waals surface area contributed by atoms with Crippen LogP contribution in [-0.4, -0.2) is 30.3 Å². The van der Waals surface area contributed by atoms with Crippen LogP contribution in [0.3, 0.4) is 0 Å². The highest BCUT2D eigenvalue weighted by molar-refractivity contribution is 5.95. The lowest BCUT2D eigenvalue weighted by Crippen LogP contribution is -2.35.